The van der Waals surface area contributed by atoms with Crippen LogP contribution in [0.1, 0.15) is 35.2 Å². The number of likely N-dealkylation sites (tertiary alicyclic amines) is 1. The molecule has 0 aliphatic carbocycles. The van der Waals surface area contributed by atoms with Crippen molar-refractivity contribution in [1.29, 1.82) is 0 Å². The molecule has 1 saturated heterocycles. The van der Waals surface area contributed by atoms with Crippen LogP contribution in [0.3, 0.4) is 0 Å². The SMILES string of the molecule is O=C(c1ncccc1O)N1CCC[C@H]1c1nc2ccc(F)cc2[nH]1. The van der Waals surface area contributed by atoms with Crippen LogP contribution in [0.15, 0.2) is 36.5 Å². The summed E-state index contributed by atoms with van der Waals surface area (Å²) in [5.41, 5.74) is 1.29. The van der Waals surface area contributed by atoms with Crippen molar-refractivity contribution < 1.29 is 14.3 Å². The molecule has 0 unspecified atom stereocenters. The van der Waals surface area contributed by atoms with E-state index in [2.05, 4.69) is 15.0 Å². The first-order valence-electron chi connectivity index (χ1n) is 7.73. The van der Waals surface area contributed by atoms with Gasteiger partial charge in [0.1, 0.15) is 17.4 Å². The van der Waals surface area contributed by atoms with Crippen LogP contribution >= 0.6 is 0 Å². The maximum atomic E-state index is 13.3. The van der Waals surface area contributed by atoms with Gasteiger partial charge in [-0.3, -0.25) is 4.79 Å². The summed E-state index contributed by atoms with van der Waals surface area (Å²) in [6.07, 6.45) is 3.05. The molecule has 3 heterocycles. The third kappa shape index (κ3) is 2.38. The Kier molecular flexibility index (Phi) is 3.41. The van der Waals surface area contributed by atoms with Crippen LogP contribution in [0.5, 0.6) is 5.75 Å². The number of nitrogens with one attached hydrogen (secondary N) is 1. The van der Waals surface area contributed by atoms with Crippen molar-refractivity contribution >= 4 is 16.9 Å². The van der Waals surface area contributed by atoms with E-state index in [0.717, 1.165) is 12.8 Å². The van der Waals surface area contributed by atoms with E-state index in [0.29, 0.717) is 23.4 Å². The zero-order chi connectivity index (χ0) is 16.7. The van der Waals surface area contributed by atoms with Crippen LogP contribution in [0.2, 0.25) is 0 Å². The molecule has 1 atom stereocenters. The topological polar surface area (TPSA) is 82.1 Å². The third-order valence-corrected chi connectivity index (χ3v) is 4.28. The fraction of sp³-hybridized carbons (Fsp3) is 0.235. The number of rotatable bonds is 2. The van der Waals surface area contributed by atoms with E-state index in [-0.39, 0.29) is 29.2 Å². The zero-order valence-corrected chi connectivity index (χ0v) is 12.7. The van der Waals surface area contributed by atoms with Crippen molar-refractivity contribution in [2.24, 2.45) is 0 Å². The van der Waals surface area contributed by atoms with Crippen molar-refractivity contribution in [3.8, 4) is 5.75 Å². The fourth-order valence-electron chi connectivity index (χ4n) is 3.15. The Balaban J connectivity index is 1.69. The lowest BCUT2D eigenvalue weighted by Crippen LogP contribution is -2.31. The van der Waals surface area contributed by atoms with Crippen LogP contribution in [-0.4, -0.2) is 37.4 Å². The number of carbonyl (C=O) groups is 1. The van der Waals surface area contributed by atoms with Gasteiger partial charge in [-0.15, -0.1) is 0 Å². The van der Waals surface area contributed by atoms with Crippen molar-refractivity contribution in [2.45, 2.75) is 18.9 Å². The van der Waals surface area contributed by atoms with Gasteiger partial charge in [0, 0.05) is 12.7 Å². The molecule has 2 N–H and O–H groups in total. The van der Waals surface area contributed by atoms with E-state index in [1.54, 1.807) is 17.0 Å². The first kappa shape index (κ1) is 14.6. The highest BCUT2D eigenvalue weighted by Gasteiger charge is 2.34. The summed E-state index contributed by atoms with van der Waals surface area (Å²) in [4.78, 5) is 25.9. The second-order valence-electron chi connectivity index (χ2n) is 5.81. The summed E-state index contributed by atoms with van der Waals surface area (Å²) < 4.78 is 13.3. The average molecular weight is 326 g/mol. The maximum Gasteiger partial charge on any atom is 0.276 e. The van der Waals surface area contributed by atoms with Gasteiger partial charge in [0.25, 0.3) is 5.91 Å². The molecule has 0 spiro atoms. The van der Waals surface area contributed by atoms with Gasteiger partial charge < -0.3 is 15.0 Å². The van der Waals surface area contributed by atoms with Crippen molar-refractivity contribution in [1.82, 2.24) is 19.9 Å². The minimum Gasteiger partial charge on any atom is -0.505 e. The number of aromatic amines is 1. The molecule has 6 nitrogen and oxygen atoms in total. The Labute approximate surface area is 137 Å². The molecule has 1 aliphatic rings. The molecular weight excluding hydrogens is 311 g/mol. The minimum absolute atomic E-state index is 0.0338. The van der Waals surface area contributed by atoms with Gasteiger partial charge in [0.15, 0.2) is 5.69 Å². The lowest BCUT2D eigenvalue weighted by Gasteiger charge is -2.23. The van der Waals surface area contributed by atoms with E-state index < -0.39 is 0 Å². The largest absolute Gasteiger partial charge is 0.505 e. The second-order valence-corrected chi connectivity index (χ2v) is 5.81. The highest BCUT2D eigenvalue weighted by atomic mass is 19.1. The first-order chi connectivity index (χ1) is 11.6. The lowest BCUT2D eigenvalue weighted by molar-refractivity contribution is 0.0721. The Bertz CT molecular complexity index is 924. The van der Waals surface area contributed by atoms with Gasteiger partial charge in [0.05, 0.1) is 17.1 Å². The molecule has 1 amide bonds. The summed E-state index contributed by atoms with van der Waals surface area (Å²) in [5, 5.41) is 9.87. The fourth-order valence-corrected chi connectivity index (χ4v) is 3.15. The molecule has 0 bridgehead atoms. The normalized spacial score (nSPS) is 17.5. The quantitative estimate of drug-likeness (QED) is 0.758. The van der Waals surface area contributed by atoms with E-state index >= 15 is 0 Å². The molecule has 0 radical (unpaired) electrons. The molecule has 1 aromatic carbocycles. The highest BCUT2D eigenvalue weighted by Crippen LogP contribution is 2.33. The van der Waals surface area contributed by atoms with Crippen molar-refractivity contribution in [3.05, 3.63) is 53.9 Å². The van der Waals surface area contributed by atoms with E-state index in [9.17, 15) is 14.3 Å². The van der Waals surface area contributed by atoms with E-state index in [1.807, 2.05) is 0 Å². The van der Waals surface area contributed by atoms with Crippen LogP contribution in [-0.2, 0) is 0 Å². The van der Waals surface area contributed by atoms with Crippen LogP contribution in [0, 0.1) is 5.82 Å². The molecule has 3 aromatic rings. The number of hydrogen-bond acceptors (Lipinski definition) is 4. The molecule has 122 valence electrons. The molecule has 1 aliphatic heterocycles. The highest BCUT2D eigenvalue weighted by molar-refractivity contribution is 5.95. The number of fused-ring (bicyclic) bond motifs is 1. The number of carbonyl (C=O) groups excluding carboxylic acids is 1. The minimum atomic E-state index is -0.338. The Morgan fingerprint density at radius 2 is 2.25 bits per heavy atom. The molecule has 2 aromatic heterocycles. The zero-order valence-electron chi connectivity index (χ0n) is 12.7. The first-order valence-corrected chi connectivity index (χ1v) is 7.73. The van der Waals surface area contributed by atoms with Gasteiger partial charge in [-0.2, -0.15) is 0 Å². The number of aromatic nitrogens is 3. The Hall–Kier alpha value is -2.96. The number of imidazole rings is 1. The number of halogens is 1. The van der Waals surface area contributed by atoms with Gasteiger partial charge in [-0.25, -0.2) is 14.4 Å². The van der Waals surface area contributed by atoms with Crippen molar-refractivity contribution in [2.75, 3.05) is 6.54 Å². The van der Waals surface area contributed by atoms with Crippen molar-refractivity contribution in [3.63, 3.8) is 0 Å². The van der Waals surface area contributed by atoms with E-state index in [4.69, 9.17) is 0 Å². The number of nitrogens with zero attached hydrogens (tertiary/aromatic N) is 3. The molecule has 1 fully saturated rings. The van der Waals surface area contributed by atoms with Gasteiger partial charge in [-0.05, 0) is 43.2 Å². The van der Waals surface area contributed by atoms with E-state index in [1.165, 1.54) is 24.4 Å². The Morgan fingerprint density at radius 1 is 1.38 bits per heavy atom. The van der Waals surface area contributed by atoms with Gasteiger partial charge in [-0.1, -0.05) is 0 Å². The number of H-pyrrole nitrogens is 1. The van der Waals surface area contributed by atoms with Gasteiger partial charge >= 0.3 is 0 Å². The standard InChI is InChI=1S/C17H15FN4O2/c18-10-5-6-11-12(9-10)21-16(20-11)13-3-2-8-22(13)17(24)15-14(23)4-1-7-19-15/h1,4-7,9,13,23H,2-3,8H2,(H,20,21)/t13-/m0/s1. The third-order valence-electron chi connectivity index (χ3n) is 4.28. The van der Waals surface area contributed by atoms with Crippen LogP contribution in [0.4, 0.5) is 4.39 Å². The van der Waals surface area contributed by atoms with Crippen LogP contribution < -0.4 is 0 Å². The lowest BCUT2D eigenvalue weighted by atomic mass is 10.2. The summed E-state index contributed by atoms with van der Waals surface area (Å²) in [5.74, 6) is -0.186. The number of benzene rings is 1. The molecule has 0 saturated carbocycles. The molecule has 24 heavy (non-hydrogen) atoms. The monoisotopic (exact) mass is 326 g/mol. The smallest absolute Gasteiger partial charge is 0.276 e. The number of aromatic hydroxyl groups is 1. The molecule has 7 heteroatoms. The summed E-state index contributed by atoms with van der Waals surface area (Å²) >= 11 is 0. The molecular formula is C17H15FN4O2. The number of hydrogen-bond donors (Lipinski definition) is 2. The number of amides is 1. The average Bonchev–Trinajstić information content (AvgIpc) is 3.20. The maximum absolute atomic E-state index is 13.3. The van der Waals surface area contributed by atoms with Gasteiger partial charge in [0.2, 0.25) is 0 Å². The summed E-state index contributed by atoms with van der Waals surface area (Å²) in [7, 11) is 0. The summed E-state index contributed by atoms with van der Waals surface area (Å²) in [6.45, 7) is 0.560. The second kappa shape index (κ2) is 5.59. The molecule has 4 rings (SSSR count). The van der Waals surface area contributed by atoms with Crippen LogP contribution in [0.25, 0.3) is 11.0 Å². The number of pyridine rings is 1. The predicted octanol–water partition coefficient (Wildman–Crippen LogP) is 2.78. The predicted molar refractivity (Wildman–Crippen MR) is 85.0 cm³/mol. The summed E-state index contributed by atoms with van der Waals surface area (Å²) in [6, 6.07) is 7.12. The Morgan fingerprint density at radius 3 is 3.08 bits per heavy atom.